The highest BCUT2D eigenvalue weighted by atomic mass is 19.1. The van der Waals surface area contributed by atoms with E-state index in [1.54, 1.807) is 23.6 Å². The molecule has 18 heavy (non-hydrogen) atoms. The van der Waals surface area contributed by atoms with Gasteiger partial charge >= 0.3 is 0 Å². The zero-order valence-corrected chi connectivity index (χ0v) is 9.76. The van der Waals surface area contributed by atoms with E-state index in [9.17, 15) is 9.18 Å². The number of imidazole rings is 1. The van der Waals surface area contributed by atoms with Crippen molar-refractivity contribution in [2.24, 2.45) is 0 Å². The quantitative estimate of drug-likeness (QED) is 0.839. The molecule has 6 heteroatoms. The first kappa shape index (κ1) is 12.3. The van der Waals surface area contributed by atoms with Crippen LogP contribution in [0, 0.1) is 5.82 Å². The summed E-state index contributed by atoms with van der Waals surface area (Å²) < 4.78 is 14.4. The second-order valence-electron chi connectivity index (χ2n) is 3.49. The minimum Gasteiger partial charge on any atom is -0.295 e. The van der Waals surface area contributed by atoms with Crippen LogP contribution in [0.15, 0.2) is 36.8 Å². The van der Waals surface area contributed by atoms with Gasteiger partial charge in [0.05, 0.1) is 19.1 Å². The highest BCUT2D eigenvalue weighted by Crippen LogP contribution is 2.12. The molecule has 0 saturated heterocycles. The van der Waals surface area contributed by atoms with Crippen LogP contribution in [0.25, 0.3) is 5.69 Å². The molecule has 1 aromatic carbocycles. The Morgan fingerprint density at radius 1 is 1.44 bits per heavy atom. The van der Waals surface area contributed by atoms with E-state index in [1.165, 1.54) is 24.7 Å². The van der Waals surface area contributed by atoms with Gasteiger partial charge < -0.3 is 0 Å². The molecule has 0 spiro atoms. The third-order valence-corrected chi connectivity index (χ3v) is 2.29. The number of carbonyl (C=O) groups is 1. The van der Waals surface area contributed by atoms with Gasteiger partial charge in [0.2, 0.25) is 0 Å². The molecule has 0 aliphatic rings. The minimum atomic E-state index is -0.404. The van der Waals surface area contributed by atoms with Crippen LogP contribution in [0.3, 0.4) is 0 Å². The van der Waals surface area contributed by atoms with Crippen molar-refractivity contribution in [3.63, 3.8) is 0 Å². The number of rotatable bonds is 4. The van der Waals surface area contributed by atoms with Gasteiger partial charge in [0.15, 0.2) is 0 Å². The van der Waals surface area contributed by atoms with Gasteiger partial charge in [0.25, 0.3) is 5.91 Å². The lowest BCUT2D eigenvalue weighted by Gasteiger charge is -2.08. The lowest BCUT2D eigenvalue weighted by molar-refractivity contribution is 0.0358. The summed E-state index contributed by atoms with van der Waals surface area (Å²) in [5.74, 6) is -0.738. The number of amides is 1. The number of carbonyl (C=O) groups excluding carboxylic acids is 1. The van der Waals surface area contributed by atoms with Crippen molar-refractivity contribution < 1.29 is 14.0 Å². The molecule has 0 radical (unpaired) electrons. The number of hydroxylamine groups is 1. The summed E-state index contributed by atoms with van der Waals surface area (Å²) in [6.07, 6.45) is 2.89. The molecule has 1 N–H and O–H groups in total. The highest BCUT2D eigenvalue weighted by Gasteiger charge is 2.12. The minimum absolute atomic E-state index is 0.315. The Balaban J connectivity index is 2.27. The number of halogens is 1. The van der Waals surface area contributed by atoms with Crippen molar-refractivity contribution in [2.75, 3.05) is 6.61 Å². The first-order chi connectivity index (χ1) is 8.72. The van der Waals surface area contributed by atoms with Gasteiger partial charge in [-0.15, -0.1) is 0 Å². The maximum absolute atomic E-state index is 12.8. The summed E-state index contributed by atoms with van der Waals surface area (Å²) in [5.41, 5.74) is 3.25. The smallest absolute Gasteiger partial charge is 0.293 e. The molecule has 0 bridgehead atoms. The lowest BCUT2D eigenvalue weighted by atomic mass is 10.3. The van der Waals surface area contributed by atoms with Crippen LogP contribution in [0.2, 0.25) is 0 Å². The average Bonchev–Trinajstić information content (AvgIpc) is 2.86. The lowest BCUT2D eigenvalue weighted by Crippen LogP contribution is -2.25. The fourth-order valence-electron chi connectivity index (χ4n) is 1.46. The third kappa shape index (κ3) is 2.54. The molecule has 2 rings (SSSR count). The molecule has 5 nitrogen and oxygen atoms in total. The van der Waals surface area contributed by atoms with Crippen molar-refractivity contribution in [3.05, 3.63) is 48.3 Å². The Labute approximate surface area is 103 Å². The van der Waals surface area contributed by atoms with Crippen LogP contribution in [-0.2, 0) is 4.84 Å². The molecule has 0 aliphatic carbocycles. The second kappa shape index (κ2) is 5.42. The Morgan fingerprint density at radius 2 is 2.17 bits per heavy atom. The second-order valence-corrected chi connectivity index (χ2v) is 3.49. The summed E-state index contributed by atoms with van der Waals surface area (Å²) in [7, 11) is 0. The molecule has 1 amide bonds. The van der Waals surface area contributed by atoms with Crippen LogP contribution in [-0.4, -0.2) is 22.1 Å². The number of aromatic nitrogens is 2. The van der Waals surface area contributed by atoms with Crippen molar-refractivity contribution in [1.82, 2.24) is 15.0 Å². The third-order valence-electron chi connectivity index (χ3n) is 2.29. The molecular weight excluding hydrogens is 237 g/mol. The van der Waals surface area contributed by atoms with Crippen LogP contribution in [0.4, 0.5) is 4.39 Å². The molecule has 0 aliphatic heterocycles. The zero-order valence-electron chi connectivity index (χ0n) is 9.76. The molecule has 0 atom stereocenters. The van der Waals surface area contributed by atoms with Crippen molar-refractivity contribution in [2.45, 2.75) is 6.92 Å². The number of hydrogen-bond donors (Lipinski definition) is 1. The fourth-order valence-corrected chi connectivity index (χ4v) is 1.46. The first-order valence-corrected chi connectivity index (χ1v) is 5.42. The largest absolute Gasteiger partial charge is 0.295 e. The van der Waals surface area contributed by atoms with Crippen molar-refractivity contribution in [1.29, 1.82) is 0 Å². The van der Waals surface area contributed by atoms with Crippen molar-refractivity contribution in [3.8, 4) is 5.69 Å². The number of benzene rings is 1. The standard InChI is InChI=1S/C12H12FN3O2/c1-2-18-15-12(17)11-7-14-8-16(11)10-5-3-9(13)4-6-10/h3-8H,2H2,1H3,(H,15,17). The molecule has 1 aromatic heterocycles. The summed E-state index contributed by atoms with van der Waals surface area (Å²) in [4.78, 5) is 20.5. The summed E-state index contributed by atoms with van der Waals surface area (Å²) >= 11 is 0. The van der Waals surface area contributed by atoms with Gasteiger partial charge in [0.1, 0.15) is 11.5 Å². The summed E-state index contributed by atoms with van der Waals surface area (Å²) in [6, 6.07) is 5.77. The monoisotopic (exact) mass is 249 g/mol. The molecule has 2 aromatic rings. The van der Waals surface area contributed by atoms with Crippen LogP contribution < -0.4 is 5.48 Å². The molecule has 0 fully saturated rings. The predicted octanol–water partition coefficient (Wildman–Crippen LogP) is 1.69. The van der Waals surface area contributed by atoms with E-state index in [-0.39, 0.29) is 5.82 Å². The van der Waals surface area contributed by atoms with Crippen LogP contribution in [0.5, 0.6) is 0 Å². The zero-order chi connectivity index (χ0) is 13.0. The van der Waals surface area contributed by atoms with E-state index < -0.39 is 5.91 Å². The Morgan fingerprint density at radius 3 is 2.83 bits per heavy atom. The van der Waals surface area contributed by atoms with Gasteiger partial charge in [-0.3, -0.25) is 14.2 Å². The van der Waals surface area contributed by atoms with E-state index in [4.69, 9.17) is 4.84 Å². The molecule has 94 valence electrons. The summed E-state index contributed by atoms with van der Waals surface area (Å²) in [6.45, 7) is 2.13. The number of nitrogens with zero attached hydrogens (tertiary/aromatic N) is 2. The Bertz CT molecular complexity index is 537. The number of hydrogen-bond acceptors (Lipinski definition) is 3. The summed E-state index contributed by atoms with van der Waals surface area (Å²) in [5, 5.41) is 0. The van der Waals surface area contributed by atoms with Gasteiger partial charge in [-0.1, -0.05) is 0 Å². The van der Waals surface area contributed by atoms with E-state index in [1.807, 2.05) is 0 Å². The Hall–Kier alpha value is -2.21. The van der Waals surface area contributed by atoms with Crippen LogP contribution in [0.1, 0.15) is 17.4 Å². The van der Waals surface area contributed by atoms with Gasteiger partial charge in [0, 0.05) is 5.69 Å². The molecule has 0 saturated carbocycles. The van der Waals surface area contributed by atoms with Crippen LogP contribution >= 0.6 is 0 Å². The topological polar surface area (TPSA) is 56.1 Å². The predicted molar refractivity (Wildman–Crippen MR) is 62.6 cm³/mol. The SMILES string of the molecule is CCONC(=O)c1cncn1-c1ccc(F)cc1. The van der Waals surface area contributed by atoms with Gasteiger partial charge in [-0.25, -0.2) is 14.9 Å². The maximum Gasteiger partial charge on any atom is 0.293 e. The Kier molecular flexibility index (Phi) is 3.69. The fraction of sp³-hybridized carbons (Fsp3) is 0.167. The maximum atomic E-state index is 12.8. The molecule has 0 unspecified atom stereocenters. The average molecular weight is 249 g/mol. The normalized spacial score (nSPS) is 10.3. The van der Waals surface area contributed by atoms with E-state index in [0.29, 0.717) is 18.0 Å². The first-order valence-electron chi connectivity index (χ1n) is 5.42. The van der Waals surface area contributed by atoms with Gasteiger partial charge in [-0.2, -0.15) is 0 Å². The van der Waals surface area contributed by atoms with Crippen molar-refractivity contribution >= 4 is 5.91 Å². The van der Waals surface area contributed by atoms with Gasteiger partial charge in [-0.05, 0) is 31.2 Å². The highest BCUT2D eigenvalue weighted by molar-refractivity contribution is 5.92. The number of nitrogens with one attached hydrogen (secondary N) is 1. The van der Waals surface area contributed by atoms with E-state index in [2.05, 4.69) is 10.5 Å². The van der Waals surface area contributed by atoms with E-state index >= 15 is 0 Å². The molecule has 1 heterocycles. The van der Waals surface area contributed by atoms with E-state index in [0.717, 1.165) is 0 Å². The molecular formula is C12H12FN3O2.